The first kappa shape index (κ1) is 17.4. The first-order chi connectivity index (χ1) is 11.3. The van der Waals surface area contributed by atoms with Crippen LogP contribution in [0, 0.1) is 5.41 Å². The highest BCUT2D eigenvalue weighted by Crippen LogP contribution is 2.44. The molecule has 8 heteroatoms. The summed E-state index contributed by atoms with van der Waals surface area (Å²) < 4.78 is 35.9. The number of nitrogens with zero attached hydrogens (tertiary/aromatic N) is 2. The number of piperidine rings is 1. The van der Waals surface area contributed by atoms with Gasteiger partial charge in [0.2, 0.25) is 10.0 Å². The Morgan fingerprint density at radius 3 is 2.67 bits per heavy atom. The third-order valence-electron chi connectivity index (χ3n) is 5.23. The predicted molar refractivity (Wildman–Crippen MR) is 88.1 cm³/mol. The molecule has 3 rings (SSSR count). The molecule has 0 radical (unpaired) electrons. The van der Waals surface area contributed by atoms with Gasteiger partial charge >= 0.3 is 0 Å². The molecule has 0 unspecified atom stereocenters. The smallest absolute Gasteiger partial charge is 0.257 e. The largest absolute Gasteiger partial charge is 0.472 e. The van der Waals surface area contributed by atoms with Crippen LogP contribution in [0.1, 0.15) is 29.6 Å². The highest BCUT2D eigenvalue weighted by Gasteiger charge is 2.48. The molecule has 24 heavy (non-hydrogen) atoms. The lowest BCUT2D eigenvalue weighted by Gasteiger charge is -2.39. The fraction of sp³-hybridized carbons (Fsp3) is 0.688. The van der Waals surface area contributed by atoms with E-state index in [0.29, 0.717) is 31.8 Å². The molecule has 1 aromatic rings. The average molecular weight is 356 g/mol. The number of hydrogen-bond donors (Lipinski definition) is 0. The molecule has 0 aliphatic carbocycles. The van der Waals surface area contributed by atoms with Crippen LogP contribution < -0.4 is 0 Å². The van der Waals surface area contributed by atoms with Crippen molar-refractivity contribution >= 4 is 15.9 Å². The lowest BCUT2D eigenvalue weighted by Crippen LogP contribution is -2.44. The van der Waals surface area contributed by atoms with Crippen molar-refractivity contribution in [3.05, 3.63) is 24.2 Å². The van der Waals surface area contributed by atoms with E-state index >= 15 is 0 Å². The molecule has 2 aliphatic rings. The summed E-state index contributed by atoms with van der Waals surface area (Å²) in [7, 11) is -1.66. The second kappa shape index (κ2) is 6.50. The summed E-state index contributed by atoms with van der Waals surface area (Å²) >= 11 is 0. The third-order valence-corrected chi connectivity index (χ3v) is 6.51. The Labute approximate surface area is 142 Å². The van der Waals surface area contributed by atoms with E-state index in [1.165, 1.54) is 18.8 Å². The fourth-order valence-corrected chi connectivity index (χ4v) is 5.15. The third kappa shape index (κ3) is 3.36. The van der Waals surface area contributed by atoms with Crippen LogP contribution in [0.15, 0.2) is 23.0 Å². The van der Waals surface area contributed by atoms with E-state index in [1.807, 2.05) is 4.90 Å². The van der Waals surface area contributed by atoms with Crippen LogP contribution in [0.2, 0.25) is 0 Å². The first-order valence-corrected chi connectivity index (χ1v) is 9.97. The van der Waals surface area contributed by atoms with Crippen molar-refractivity contribution in [2.75, 3.05) is 39.6 Å². The molecule has 1 amide bonds. The number of methoxy groups -OCH3 is 1. The number of amides is 1. The van der Waals surface area contributed by atoms with Gasteiger partial charge in [-0.25, -0.2) is 8.42 Å². The van der Waals surface area contributed by atoms with Crippen LogP contribution in [0.25, 0.3) is 0 Å². The quantitative estimate of drug-likeness (QED) is 0.809. The minimum absolute atomic E-state index is 0.0231. The van der Waals surface area contributed by atoms with Crippen LogP contribution in [0.3, 0.4) is 0 Å². The average Bonchev–Trinajstić information content (AvgIpc) is 3.16. The zero-order valence-corrected chi connectivity index (χ0v) is 14.9. The van der Waals surface area contributed by atoms with Crippen LogP contribution >= 0.6 is 0 Å². The normalized spacial score (nSPS) is 24.6. The van der Waals surface area contributed by atoms with Crippen molar-refractivity contribution in [2.45, 2.75) is 25.3 Å². The number of rotatable bonds is 4. The molecule has 134 valence electrons. The Hall–Kier alpha value is -1.38. The topological polar surface area (TPSA) is 80.1 Å². The zero-order chi connectivity index (χ0) is 17.4. The van der Waals surface area contributed by atoms with Gasteiger partial charge in [-0.15, -0.1) is 0 Å². The van der Waals surface area contributed by atoms with E-state index in [-0.39, 0.29) is 17.4 Å². The van der Waals surface area contributed by atoms with Crippen molar-refractivity contribution < 1.29 is 22.4 Å². The van der Waals surface area contributed by atoms with E-state index in [9.17, 15) is 13.2 Å². The molecule has 2 fully saturated rings. The van der Waals surface area contributed by atoms with Crippen molar-refractivity contribution in [1.29, 1.82) is 0 Å². The van der Waals surface area contributed by atoms with Crippen molar-refractivity contribution in [2.24, 2.45) is 5.41 Å². The molecule has 0 N–H and O–H groups in total. The van der Waals surface area contributed by atoms with Gasteiger partial charge in [-0.2, -0.15) is 4.31 Å². The van der Waals surface area contributed by atoms with Crippen molar-refractivity contribution in [1.82, 2.24) is 9.21 Å². The Balaban J connectivity index is 1.68. The van der Waals surface area contributed by atoms with Crippen molar-refractivity contribution in [3.8, 4) is 0 Å². The van der Waals surface area contributed by atoms with E-state index < -0.39 is 10.0 Å². The standard InChI is InChI=1S/C16H24N2O5S/c1-22-11-14-9-16(12-18(14)24(2,20)21)4-6-17(7-5-16)15(19)13-3-8-23-10-13/h3,8,10,14H,4-7,9,11-12H2,1-2H3/t14-/m1/s1. The van der Waals surface area contributed by atoms with Gasteiger partial charge in [-0.3, -0.25) is 4.79 Å². The minimum atomic E-state index is -3.25. The van der Waals surface area contributed by atoms with E-state index in [4.69, 9.17) is 9.15 Å². The van der Waals surface area contributed by atoms with Gasteiger partial charge < -0.3 is 14.1 Å². The molecule has 2 saturated heterocycles. The van der Waals surface area contributed by atoms with Gasteiger partial charge in [0.05, 0.1) is 24.7 Å². The summed E-state index contributed by atoms with van der Waals surface area (Å²) in [6.45, 7) is 2.21. The molecule has 0 saturated carbocycles. The maximum Gasteiger partial charge on any atom is 0.257 e. The lowest BCUT2D eigenvalue weighted by atomic mass is 9.76. The monoisotopic (exact) mass is 356 g/mol. The second-order valence-electron chi connectivity index (χ2n) is 6.93. The van der Waals surface area contributed by atoms with Crippen LogP contribution in [0.5, 0.6) is 0 Å². The molecule has 0 aromatic carbocycles. The van der Waals surface area contributed by atoms with Crippen LogP contribution in [0.4, 0.5) is 0 Å². The number of carbonyl (C=O) groups is 1. The summed E-state index contributed by atoms with van der Waals surface area (Å²) in [5, 5.41) is 0. The number of ether oxygens (including phenoxy) is 1. The molecule has 0 bridgehead atoms. The molecule has 1 aromatic heterocycles. The Kier molecular flexibility index (Phi) is 4.72. The number of furan rings is 1. The van der Waals surface area contributed by atoms with Gasteiger partial charge in [0.25, 0.3) is 5.91 Å². The molecular weight excluding hydrogens is 332 g/mol. The molecule has 1 atom stereocenters. The van der Waals surface area contributed by atoms with Gasteiger partial charge in [0.15, 0.2) is 0 Å². The molecular formula is C16H24N2O5S. The lowest BCUT2D eigenvalue weighted by molar-refractivity contribution is 0.0594. The summed E-state index contributed by atoms with van der Waals surface area (Å²) in [4.78, 5) is 14.2. The Morgan fingerprint density at radius 1 is 1.42 bits per heavy atom. The first-order valence-electron chi connectivity index (χ1n) is 8.12. The molecule has 2 aliphatic heterocycles. The van der Waals surface area contributed by atoms with E-state index in [0.717, 1.165) is 19.3 Å². The molecule has 3 heterocycles. The maximum atomic E-state index is 12.4. The summed E-state index contributed by atoms with van der Waals surface area (Å²) in [5.41, 5.74) is 0.506. The van der Waals surface area contributed by atoms with Crippen molar-refractivity contribution in [3.63, 3.8) is 0 Å². The number of hydrogen-bond acceptors (Lipinski definition) is 5. The maximum absolute atomic E-state index is 12.4. The minimum Gasteiger partial charge on any atom is -0.472 e. The van der Waals surface area contributed by atoms with Crippen LogP contribution in [-0.4, -0.2) is 69.2 Å². The predicted octanol–water partition coefficient (Wildman–Crippen LogP) is 1.18. The molecule has 1 spiro atoms. The summed E-state index contributed by atoms with van der Waals surface area (Å²) in [5.74, 6) is -0.0231. The van der Waals surface area contributed by atoms with Crippen LogP contribution in [-0.2, 0) is 14.8 Å². The number of likely N-dealkylation sites (tertiary alicyclic amines) is 1. The SMILES string of the molecule is COC[C@H]1CC2(CCN(C(=O)c3ccoc3)CC2)CN1S(C)(=O)=O. The van der Waals surface area contributed by atoms with Gasteiger partial charge in [-0.05, 0) is 30.7 Å². The number of sulfonamides is 1. The highest BCUT2D eigenvalue weighted by molar-refractivity contribution is 7.88. The molecule has 7 nitrogen and oxygen atoms in total. The summed E-state index contributed by atoms with van der Waals surface area (Å²) in [6, 6.07) is 1.56. The zero-order valence-electron chi connectivity index (χ0n) is 14.1. The fourth-order valence-electron chi connectivity index (χ4n) is 3.96. The Morgan fingerprint density at radius 2 is 2.12 bits per heavy atom. The van der Waals surface area contributed by atoms with E-state index in [2.05, 4.69) is 0 Å². The number of carbonyl (C=O) groups excluding carboxylic acids is 1. The second-order valence-corrected chi connectivity index (χ2v) is 8.86. The Bertz CT molecular complexity index is 677. The van der Waals surface area contributed by atoms with Gasteiger partial charge in [-0.1, -0.05) is 0 Å². The van der Waals surface area contributed by atoms with Gasteiger partial charge in [0.1, 0.15) is 6.26 Å². The van der Waals surface area contributed by atoms with Gasteiger partial charge in [0, 0.05) is 32.8 Å². The van der Waals surface area contributed by atoms with E-state index in [1.54, 1.807) is 17.5 Å². The summed E-state index contributed by atoms with van der Waals surface area (Å²) in [6.07, 6.45) is 6.62. The highest BCUT2D eigenvalue weighted by atomic mass is 32.2.